The van der Waals surface area contributed by atoms with Gasteiger partial charge in [0.05, 0.1) is 47.9 Å². The number of anilines is 4. The Kier molecular flexibility index (Phi) is 32.2. The molecule has 4 aromatic carbocycles. The number of rotatable bonds is 28. The molecule has 0 aliphatic carbocycles. The molecule has 4 saturated heterocycles. The minimum absolute atomic E-state index is 0.0404. The van der Waals surface area contributed by atoms with E-state index < -0.39 is 6.04 Å². The summed E-state index contributed by atoms with van der Waals surface area (Å²) in [4.78, 5) is 123. The maximum absolute atomic E-state index is 13.6. The second-order valence-corrected chi connectivity index (χ2v) is 36.4. The molecule has 6 aromatic heterocycles. The molecule has 0 unspecified atom stereocenters. The fourth-order valence-electron chi connectivity index (χ4n) is 17.1. The lowest BCUT2D eigenvalue weighted by Crippen LogP contribution is -2.49. The first kappa shape index (κ1) is 93.5. The molecule has 0 bridgehead atoms. The first-order valence-corrected chi connectivity index (χ1v) is 47.0. The van der Waals surface area contributed by atoms with Crippen LogP contribution in [0.3, 0.4) is 0 Å². The van der Waals surface area contributed by atoms with Gasteiger partial charge in [0, 0.05) is 106 Å². The van der Waals surface area contributed by atoms with Gasteiger partial charge in [0.15, 0.2) is 5.16 Å². The number of imidazole rings is 2. The van der Waals surface area contributed by atoms with Crippen LogP contribution in [0, 0.1) is 51.4 Å². The van der Waals surface area contributed by atoms with Gasteiger partial charge in [0.2, 0.25) is 35.5 Å². The highest BCUT2D eigenvalue weighted by molar-refractivity contribution is 7.98. The summed E-state index contributed by atoms with van der Waals surface area (Å²) in [5.74, 6) is 5.69. The molecule has 6 aliphatic rings. The molecule has 27 heteroatoms. The normalized spacial score (nSPS) is 18.1. The molecule has 6 aliphatic heterocycles. The number of likely N-dealkylation sites (tertiary alicyclic amines) is 4. The van der Waals surface area contributed by atoms with E-state index in [0.29, 0.717) is 28.7 Å². The van der Waals surface area contributed by atoms with Crippen LogP contribution >= 0.6 is 11.8 Å². The van der Waals surface area contributed by atoms with Gasteiger partial charge < -0.3 is 50.8 Å². The Bertz CT molecular complexity index is 5490. The van der Waals surface area contributed by atoms with E-state index in [1.165, 1.54) is 56.3 Å². The fraction of sp³-hybridized carbons (Fsp3) is 0.446. The first-order valence-electron chi connectivity index (χ1n) is 45.8. The Morgan fingerprint density at radius 3 is 1.06 bits per heavy atom. The van der Waals surface area contributed by atoms with Gasteiger partial charge in [-0.1, -0.05) is 207 Å². The maximum atomic E-state index is 13.6. The number of thioether (sulfide) groups is 1. The zero-order valence-corrected chi connectivity index (χ0v) is 78.1. The molecular weight excluding hydrogens is 1620 g/mol. The number of aromatic nitrogens is 12. The highest BCUT2D eigenvalue weighted by atomic mass is 32.2. The SMILES string of the molecule is CCc1cnc(N[C@H](C(=O)N2CCC[C@H]2C2=NC=C(c3ccc(C)cc3)C2)C(C)C)nc1.CCc1cnc(N[C@H](C(=O)N2CCC[C@H]2c2ncc(-c3ccc(C)cc3)[nH]2)C(C)C)nc1.CCc1nccc(N[C@H](C(=O)N2CCC[C@H]2c2ncc(-c3ccc(C)cc3)[nH]2)C(C)C)n1.CSc1nccc(N[C@H](C(=O)N2CCC[C@H]2C2=NC=C(c3ccc(C)cc3)C2)C(C)C)n1. The number of hydrogen-bond donors (Lipinski definition) is 6. The van der Waals surface area contributed by atoms with Crippen molar-refractivity contribution in [3.8, 4) is 22.5 Å². The lowest BCUT2D eigenvalue weighted by atomic mass is 9.97. The summed E-state index contributed by atoms with van der Waals surface area (Å²) in [5.41, 5.74) is 18.3. The monoisotopic (exact) mass is 1750 g/mol. The highest BCUT2D eigenvalue weighted by Crippen LogP contribution is 2.38. The Balaban J connectivity index is 0.000000146. The average molecular weight is 1750 g/mol. The van der Waals surface area contributed by atoms with Crippen LogP contribution in [0.25, 0.3) is 33.7 Å². The third kappa shape index (κ3) is 23.6. The largest absolute Gasteiger partial charge is 0.358 e. The number of nitrogens with zero attached hydrogens (tertiary/aromatic N) is 16. The van der Waals surface area contributed by atoms with Crippen molar-refractivity contribution in [2.75, 3.05) is 53.7 Å². The molecule has 128 heavy (non-hydrogen) atoms. The van der Waals surface area contributed by atoms with Gasteiger partial charge in [0.25, 0.3) is 0 Å². The second kappa shape index (κ2) is 44.1. The van der Waals surface area contributed by atoms with Gasteiger partial charge in [-0.15, -0.1) is 0 Å². The summed E-state index contributed by atoms with van der Waals surface area (Å²) in [6.45, 7) is 34.0. The van der Waals surface area contributed by atoms with Crippen LogP contribution in [0.15, 0.2) is 186 Å². The maximum Gasteiger partial charge on any atom is 0.246 e. The van der Waals surface area contributed by atoms with E-state index in [0.717, 1.165) is 172 Å². The lowest BCUT2D eigenvalue weighted by Gasteiger charge is -2.31. The average Bonchev–Trinajstić information content (AvgIpc) is 1.66. The van der Waals surface area contributed by atoms with E-state index in [9.17, 15) is 19.2 Å². The van der Waals surface area contributed by atoms with Crippen LogP contribution in [-0.4, -0.2) is 183 Å². The summed E-state index contributed by atoms with van der Waals surface area (Å²) in [6, 6.07) is 36.1. The summed E-state index contributed by atoms with van der Waals surface area (Å²) >= 11 is 1.49. The smallest absolute Gasteiger partial charge is 0.246 e. The number of aliphatic imine (C=N–C) groups is 2. The molecule has 0 saturated carbocycles. The molecule has 0 radical (unpaired) electrons. The Labute approximate surface area is 759 Å². The minimum Gasteiger partial charge on any atom is -0.358 e. The van der Waals surface area contributed by atoms with Crippen molar-refractivity contribution >= 4 is 81.5 Å². The van der Waals surface area contributed by atoms with Gasteiger partial charge in [-0.05, 0) is 178 Å². The molecule has 8 atom stereocenters. The van der Waals surface area contributed by atoms with Gasteiger partial charge in [0.1, 0.15) is 53.3 Å². The Hall–Kier alpha value is -12.1. The summed E-state index contributed by atoms with van der Waals surface area (Å²) in [5, 5.41) is 14.0. The topological polar surface area (TPSA) is 315 Å². The van der Waals surface area contributed by atoms with Gasteiger partial charge in [-0.25, -0.2) is 49.8 Å². The summed E-state index contributed by atoms with van der Waals surface area (Å²) < 4.78 is 0. The Morgan fingerprint density at radius 2 is 0.719 bits per heavy atom. The third-order valence-corrected chi connectivity index (χ3v) is 25.4. The number of carbonyl (C=O) groups is 4. The summed E-state index contributed by atoms with van der Waals surface area (Å²) in [6.07, 6.45) is 32.2. The molecule has 672 valence electrons. The van der Waals surface area contributed by atoms with Crippen molar-refractivity contribution < 1.29 is 19.2 Å². The first-order chi connectivity index (χ1) is 61.8. The minimum atomic E-state index is -0.394. The predicted molar refractivity (Wildman–Crippen MR) is 514 cm³/mol. The standard InChI is InChI=1S/C26H33N5O.2C25H32N6O.C25H31N5OS/c1-5-19-14-28-26(29-15-19)30-24(17(2)3)25(32)31-12-6-7-23(31)22-13-21(16-27-22)20-10-8-18(4)9-11-20;1-5-21-26-13-12-22(29-21)30-23(16(2)3)25(32)31-14-6-7-20(31)24-27-15-19(28-24)18-10-8-17(4)9-11-18;1-5-18-13-27-25(28-14-18)30-22(16(2)3)24(32)31-12-6-7-21(31)23-26-15-20(29-23)19-10-8-17(4)9-11-19;1-16(2)23(28-22-11-12-26-25(29-22)32-4)24(31)30-13-5-6-21(30)20-14-19(15-27-20)18-9-7-17(3)8-10-18/h8-11,14-17,23-24H,5-7,12-13H2,1-4H3,(H,28,29,30);8-13,15-16,20,23H,5-7,14H2,1-4H3,(H,27,28)(H,26,29,30);8-11,13-16,21-22H,5-7,12H2,1-4H3,(H,26,29)(H,27,28,30);7-12,15-16,21,23H,5-6,13-14H2,1-4H3,(H,26,28,29)/t23-,24-;20-,23-;21-,22-;21-,23-/m0000/s1. The van der Waals surface area contributed by atoms with E-state index in [-0.39, 0.29) is 89.6 Å². The number of nitrogens with one attached hydrogen (secondary N) is 6. The number of aromatic amines is 2. The van der Waals surface area contributed by atoms with Crippen molar-refractivity contribution in [1.82, 2.24) is 79.4 Å². The highest BCUT2D eigenvalue weighted by Gasteiger charge is 2.43. The molecule has 6 N–H and O–H groups in total. The van der Waals surface area contributed by atoms with Crippen LogP contribution in [-0.2, 0) is 38.4 Å². The molecular formula is C101H128N22O4S. The van der Waals surface area contributed by atoms with Gasteiger partial charge >= 0.3 is 0 Å². The zero-order chi connectivity index (χ0) is 90.7. The number of benzene rings is 4. The number of H-pyrrole nitrogens is 2. The third-order valence-electron chi connectivity index (χ3n) is 24.8. The van der Waals surface area contributed by atoms with E-state index in [2.05, 4.69) is 261 Å². The second-order valence-electron chi connectivity index (χ2n) is 35.6. The van der Waals surface area contributed by atoms with E-state index in [1.807, 2.05) is 108 Å². The lowest BCUT2D eigenvalue weighted by molar-refractivity contribution is -0.134. The van der Waals surface area contributed by atoms with Crippen LogP contribution in [0.4, 0.5) is 23.5 Å². The fourth-order valence-corrected chi connectivity index (χ4v) is 17.5. The zero-order valence-electron chi connectivity index (χ0n) is 77.3. The molecule has 26 nitrogen and oxygen atoms in total. The van der Waals surface area contributed by atoms with Crippen molar-refractivity contribution in [2.45, 2.75) is 241 Å². The van der Waals surface area contributed by atoms with Gasteiger partial charge in [-0.3, -0.25) is 29.2 Å². The quantitative estimate of drug-likeness (QED) is 0.0196. The predicted octanol–water partition coefficient (Wildman–Crippen LogP) is 18.6. The van der Waals surface area contributed by atoms with E-state index in [4.69, 9.17) is 9.98 Å². The molecule has 12 heterocycles. The van der Waals surface area contributed by atoms with Crippen LogP contribution in [0.5, 0.6) is 0 Å². The molecule has 10 aromatic rings. The van der Waals surface area contributed by atoms with Gasteiger partial charge in [-0.2, -0.15) is 0 Å². The number of allylic oxidation sites excluding steroid dienone is 2. The van der Waals surface area contributed by atoms with E-state index in [1.54, 1.807) is 12.4 Å². The molecule has 4 fully saturated rings. The van der Waals surface area contributed by atoms with Crippen molar-refractivity contribution in [3.05, 3.63) is 233 Å². The molecule has 4 amide bonds. The number of aryl methyl sites for hydroxylation is 7. The van der Waals surface area contributed by atoms with Crippen LogP contribution < -0.4 is 21.3 Å². The molecule has 16 rings (SSSR count). The van der Waals surface area contributed by atoms with E-state index >= 15 is 0 Å². The summed E-state index contributed by atoms with van der Waals surface area (Å²) in [7, 11) is 0. The Morgan fingerprint density at radius 1 is 0.391 bits per heavy atom. The number of hydrogen-bond acceptors (Lipinski definition) is 21. The van der Waals surface area contributed by atoms with Crippen molar-refractivity contribution in [3.63, 3.8) is 0 Å². The van der Waals surface area contributed by atoms with Crippen molar-refractivity contribution in [2.24, 2.45) is 33.7 Å². The number of amides is 4. The molecule has 0 spiro atoms. The number of carbonyl (C=O) groups excluding carboxylic acids is 4. The van der Waals surface area contributed by atoms with Crippen LogP contribution in [0.2, 0.25) is 0 Å². The van der Waals surface area contributed by atoms with Crippen molar-refractivity contribution in [1.29, 1.82) is 0 Å². The van der Waals surface area contributed by atoms with Crippen LogP contribution in [0.1, 0.15) is 214 Å².